The lowest BCUT2D eigenvalue weighted by Gasteiger charge is -2.29. The summed E-state index contributed by atoms with van der Waals surface area (Å²) in [6.07, 6.45) is 5.08. The maximum absolute atomic E-state index is 12.6. The number of carbonyl (C=O) groups excluding carboxylic acids is 1. The van der Waals surface area contributed by atoms with Crippen molar-refractivity contribution in [3.05, 3.63) is 59.4 Å². The zero-order valence-electron chi connectivity index (χ0n) is 14.5. The van der Waals surface area contributed by atoms with Gasteiger partial charge in [-0.05, 0) is 31.4 Å². The lowest BCUT2D eigenvalue weighted by molar-refractivity contribution is 0.200. The molecular weight excluding hydrogens is 300 g/mol. The predicted molar refractivity (Wildman–Crippen MR) is 95.5 cm³/mol. The van der Waals surface area contributed by atoms with E-state index in [1.54, 1.807) is 4.68 Å². The highest BCUT2D eigenvalue weighted by molar-refractivity contribution is 5.79. The summed E-state index contributed by atoms with van der Waals surface area (Å²) in [7, 11) is 1.90. The Morgan fingerprint density at radius 3 is 2.71 bits per heavy atom. The van der Waals surface area contributed by atoms with Gasteiger partial charge in [-0.3, -0.25) is 4.68 Å². The quantitative estimate of drug-likeness (QED) is 0.942. The molecule has 2 amide bonds. The molecule has 3 rings (SSSR count). The van der Waals surface area contributed by atoms with Gasteiger partial charge in [0.2, 0.25) is 0 Å². The van der Waals surface area contributed by atoms with Crippen LogP contribution >= 0.6 is 0 Å². The Morgan fingerprint density at radius 1 is 1.29 bits per heavy atom. The van der Waals surface area contributed by atoms with Crippen molar-refractivity contribution in [2.24, 2.45) is 7.05 Å². The van der Waals surface area contributed by atoms with Crippen LogP contribution in [0.15, 0.2) is 42.6 Å². The minimum absolute atomic E-state index is 0.0210. The molecule has 0 spiro atoms. The largest absolute Gasteiger partial charge is 0.331 e. The molecule has 5 nitrogen and oxygen atoms in total. The second-order valence-corrected chi connectivity index (χ2v) is 6.32. The average Bonchev–Trinajstić information content (AvgIpc) is 2.94. The summed E-state index contributed by atoms with van der Waals surface area (Å²) in [5.41, 5.74) is 4.41. The Hall–Kier alpha value is -2.56. The van der Waals surface area contributed by atoms with Crippen LogP contribution in [0.5, 0.6) is 0 Å². The molecule has 0 unspecified atom stereocenters. The van der Waals surface area contributed by atoms with E-state index in [4.69, 9.17) is 0 Å². The highest BCUT2D eigenvalue weighted by atomic mass is 16.2. The van der Waals surface area contributed by atoms with Gasteiger partial charge >= 0.3 is 6.03 Å². The van der Waals surface area contributed by atoms with Crippen LogP contribution in [-0.4, -0.2) is 33.8 Å². The van der Waals surface area contributed by atoms with Crippen molar-refractivity contribution in [3.63, 3.8) is 0 Å². The Bertz CT molecular complexity index is 748. The fourth-order valence-corrected chi connectivity index (χ4v) is 3.18. The van der Waals surface area contributed by atoms with Crippen LogP contribution in [0.2, 0.25) is 0 Å². The average molecular weight is 324 g/mol. The van der Waals surface area contributed by atoms with E-state index >= 15 is 0 Å². The maximum Gasteiger partial charge on any atom is 0.318 e. The monoisotopic (exact) mass is 324 g/mol. The van der Waals surface area contributed by atoms with E-state index in [1.807, 2.05) is 50.2 Å². The second-order valence-electron chi connectivity index (χ2n) is 6.32. The molecule has 0 bridgehead atoms. The number of aromatic nitrogens is 2. The maximum atomic E-state index is 12.6. The number of hydrogen-bond acceptors (Lipinski definition) is 2. The first-order valence-electron chi connectivity index (χ1n) is 8.34. The van der Waals surface area contributed by atoms with Crippen LogP contribution in [0, 0.1) is 6.92 Å². The van der Waals surface area contributed by atoms with E-state index in [0.717, 1.165) is 24.2 Å². The minimum Gasteiger partial charge on any atom is -0.331 e. The number of rotatable bonds is 3. The van der Waals surface area contributed by atoms with Gasteiger partial charge in [-0.15, -0.1) is 0 Å². The number of nitrogens with one attached hydrogen (secondary N) is 1. The topological polar surface area (TPSA) is 50.2 Å². The molecule has 1 aromatic heterocycles. The Balaban J connectivity index is 1.65. The first-order valence-corrected chi connectivity index (χ1v) is 8.34. The smallest absolute Gasteiger partial charge is 0.318 e. The Kier molecular flexibility index (Phi) is 4.69. The van der Waals surface area contributed by atoms with Crippen LogP contribution in [0.1, 0.15) is 36.2 Å². The van der Waals surface area contributed by atoms with Crippen LogP contribution < -0.4 is 5.32 Å². The number of hydrogen-bond donors (Lipinski definition) is 1. The molecule has 5 heteroatoms. The molecule has 0 fully saturated rings. The number of amides is 2. The van der Waals surface area contributed by atoms with Crippen molar-refractivity contribution < 1.29 is 4.79 Å². The summed E-state index contributed by atoms with van der Waals surface area (Å²) >= 11 is 0. The molecule has 0 saturated heterocycles. The fourth-order valence-electron chi connectivity index (χ4n) is 3.18. The fraction of sp³-hybridized carbons (Fsp3) is 0.368. The Morgan fingerprint density at radius 2 is 2.04 bits per heavy atom. The number of nitrogens with zero attached hydrogens (tertiary/aromatic N) is 3. The van der Waals surface area contributed by atoms with E-state index in [-0.39, 0.29) is 12.1 Å². The van der Waals surface area contributed by atoms with E-state index in [2.05, 4.69) is 28.6 Å². The molecule has 1 aliphatic rings. The summed E-state index contributed by atoms with van der Waals surface area (Å²) in [4.78, 5) is 14.5. The number of urea groups is 1. The minimum atomic E-state index is -0.0581. The first kappa shape index (κ1) is 16.3. The SMILES string of the molecule is Cc1nn(C)cc1[C@H](C)NC(=O)N1CCC=C(c2ccccc2)C1. The van der Waals surface area contributed by atoms with Gasteiger partial charge < -0.3 is 10.2 Å². The molecule has 126 valence electrons. The summed E-state index contributed by atoms with van der Waals surface area (Å²) in [6.45, 7) is 5.37. The third kappa shape index (κ3) is 3.50. The highest BCUT2D eigenvalue weighted by Gasteiger charge is 2.21. The summed E-state index contributed by atoms with van der Waals surface area (Å²) in [6, 6.07) is 10.2. The molecular formula is C19H24N4O. The standard InChI is InChI=1S/C19H24N4O/c1-14(18-13-22(3)21-15(18)2)20-19(24)23-11-7-10-17(12-23)16-8-5-4-6-9-16/h4-6,8-10,13-14H,7,11-12H2,1-3H3,(H,20,24)/t14-/m0/s1. The number of aryl methyl sites for hydroxylation is 2. The number of benzene rings is 1. The van der Waals surface area contributed by atoms with Gasteiger partial charge in [0.15, 0.2) is 0 Å². The normalized spacial score (nSPS) is 15.8. The molecule has 24 heavy (non-hydrogen) atoms. The zero-order chi connectivity index (χ0) is 17.1. The lowest BCUT2D eigenvalue weighted by Crippen LogP contribution is -2.43. The van der Waals surface area contributed by atoms with Crippen LogP contribution in [0.4, 0.5) is 4.79 Å². The molecule has 1 aliphatic heterocycles. The van der Waals surface area contributed by atoms with Crippen molar-refractivity contribution in [2.75, 3.05) is 13.1 Å². The molecule has 1 aromatic carbocycles. The van der Waals surface area contributed by atoms with E-state index in [1.165, 1.54) is 11.1 Å². The Labute approximate surface area is 143 Å². The van der Waals surface area contributed by atoms with E-state index in [0.29, 0.717) is 6.54 Å². The van der Waals surface area contributed by atoms with E-state index in [9.17, 15) is 4.79 Å². The van der Waals surface area contributed by atoms with Gasteiger partial charge in [-0.2, -0.15) is 5.10 Å². The van der Waals surface area contributed by atoms with Gasteiger partial charge in [0.1, 0.15) is 0 Å². The molecule has 1 N–H and O–H groups in total. The molecule has 0 radical (unpaired) electrons. The van der Waals surface area contributed by atoms with Crippen molar-refractivity contribution in [2.45, 2.75) is 26.3 Å². The summed E-state index contributed by atoms with van der Waals surface area (Å²) in [5.74, 6) is 0. The van der Waals surface area contributed by atoms with Crippen molar-refractivity contribution in [1.29, 1.82) is 0 Å². The summed E-state index contributed by atoms with van der Waals surface area (Å²) in [5, 5.41) is 7.44. The van der Waals surface area contributed by atoms with Crippen molar-refractivity contribution >= 4 is 11.6 Å². The molecule has 0 saturated carbocycles. The summed E-state index contributed by atoms with van der Waals surface area (Å²) < 4.78 is 1.78. The van der Waals surface area contributed by atoms with Gasteiger partial charge in [-0.25, -0.2) is 4.79 Å². The molecule has 0 aliphatic carbocycles. The zero-order valence-corrected chi connectivity index (χ0v) is 14.5. The van der Waals surface area contributed by atoms with Crippen LogP contribution in [0.25, 0.3) is 5.57 Å². The number of carbonyl (C=O) groups is 1. The first-order chi connectivity index (χ1) is 11.5. The predicted octanol–water partition coefficient (Wildman–Crippen LogP) is 3.29. The van der Waals surface area contributed by atoms with E-state index < -0.39 is 0 Å². The van der Waals surface area contributed by atoms with Crippen molar-refractivity contribution in [3.8, 4) is 0 Å². The third-order valence-corrected chi connectivity index (χ3v) is 4.44. The van der Waals surface area contributed by atoms with Gasteiger partial charge in [0, 0.05) is 31.9 Å². The molecule has 1 atom stereocenters. The van der Waals surface area contributed by atoms with Crippen LogP contribution in [0.3, 0.4) is 0 Å². The molecule has 2 heterocycles. The second kappa shape index (κ2) is 6.91. The molecule has 2 aromatic rings. The van der Waals surface area contributed by atoms with Crippen LogP contribution in [-0.2, 0) is 7.05 Å². The van der Waals surface area contributed by atoms with Gasteiger partial charge in [-0.1, -0.05) is 36.4 Å². The highest BCUT2D eigenvalue weighted by Crippen LogP contribution is 2.21. The van der Waals surface area contributed by atoms with Crippen molar-refractivity contribution in [1.82, 2.24) is 20.0 Å². The lowest BCUT2D eigenvalue weighted by atomic mass is 10.0. The third-order valence-electron chi connectivity index (χ3n) is 4.44. The van der Waals surface area contributed by atoms with Gasteiger partial charge in [0.05, 0.1) is 11.7 Å². The van der Waals surface area contributed by atoms with Gasteiger partial charge in [0.25, 0.3) is 0 Å².